The van der Waals surface area contributed by atoms with Gasteiger partial charge >= 0.3 is 0 Å². The molecule has 0 rings (SSSR count). The van der Waals surface area contributed by atoms with Gasteiger partial charge in [-0.05, 0) is 38.8 Å². The van der Waals surface area contributed by atoms with E-state index in [1.807, 2.05) is 0 Å². The maximum absolute atomic E-state index is 9.48. The topological polar surface area (TPSA) is 23.5 Å². The number of aliphatic hydroxyl groups excluding tert-OH is 1. The second-order valence-corrected chi connectivity index (χ2v) is 5.29. The summed E-state index contributed by atoms with van der Waals surface area (Å²) in [4.78, 5) is 2.36. The number of hydrogen-bond acceptors (Lipinski definition) is 2. The van der Waals surface area contributed by atoms with E-state index in [4.69, 9.17) is 0 Å². The molecule has 0 saturated heterocycles. The van der Waals surface area contributed by atoms with Crippen LogP contribution in [0.25, 0.3) is 0 Å². The van der Waals surface area contributed by atoms with E-state index in [2.05, 4.69) is 39.6 Å². The van der Waals surface area contributed by atoms with Gasteiger partial charge in [-0.15, -0.1) is 0 Å². The molecule has 0 spiro atoms. The van der Waals surface area contributed by atoms with Crippen LogP contribution in [0.3, 0.4) is 0 Å². The monoisotopic (exact) mass is 215 g/mol. The molecule has 0 bridgehead atoms. The molecule has 0 aromatic carbocycles. The first-order chi connectivity index (χ1) is 6.99. The Morgan fingerprint density at radius 2 is 1.73 bits per heavy atom. The molecule has 0 aliphatic heterocycles. The van der Waals surface area contributed by atoms with Crippen molar-refractivity contribution < 1.29 is 5.11 Å². The van der Waals surface area contributed by atoms with Gasteiger partial charge in [0.05, 0.1) is 0 Å². The van der Waals surface area contributed by atoms with Crippen LogP contribution in [0.2, 0.25) is 0 Å². The molecule has 0 radical (unpaired) electrons. The molecule has 0 amide bonds. The molecule has 2 heteroatoms. The minimum absolute atomic E-state index is 0.117. The average Bonchev–Trinajstić information content (AvgIpc) is 2.23. The molecule has 0 saturated carbocycles. The Morgan fingerprint density at radius 1 is 1.20 bits per heavy atom. The summed E-state index contributed by atoms with van der Waals surface area (Å²) in [5.74, 6) is 0.763. The van der Waals surface area contributed by atoms with Crippen LogP contribution in [0, 0.1) is 11.3 Å². The van der Waals surface area contributed by atoms with E-state index in [0.29, 0.717) is 6.61 Å². The number of rotatable bonds is 8. The summed E-state index contributed by atoms with van der Waals surface area (Å²) in [5.41, 5.74) is 0.117. The molecule has 2 nitrogen and oxygen atoms in total. The Bertz CT molecular complexity index is 144. The van der Waals surface area contributed by atoms with Gasteiger partial charge < -0.3 is 10.0 Å². The molecule has 1 N–H and O–H groups in total. The molecule has 0 heterocycles. The van der Waals surface area contributed by atoms with Gasteiger partial charge in [-0.2, -0.15) is 0 Å². The zero-order chi connectivity index (χ0) is 11.9. The molecule has 92 valence electrons. The van der Waals surface area contributed by atoms with Crippen molar-refractivity contribution in [1.29, 1.82) is 0 Å². The molecule has 0 aromatic heterocycles. The highest BCUT2D eigenvalue weighted by Gasteiger charge is 2.26. The predicted molar refractivity (Wildman–Crippen MR) is 67.1 cm³/mol. The van der Waals surface area contributed by atoms with Crippen molar-refractivity contribution in [2.75, 3.05) is 26.7 Å². The first-order valence-electron chi connectivity index (χ1n) is 6.29. The minimum Gasteiger partial charge on any atom is -0.396 e. The highest BCUT2D eigenvalue weighted by atomic mass is 16.3. The fraction of sp³-hybridized carbons (Fsp3) is 1.00. The highest BCUT2D eigenvalue weighted by molar-refractivity contribution is 4.78. The van der Waals surface area contributed by atoms with Crippen molar-refractivity contribution in [3.05, 3.63) is 0 Å². The number of hydrogen-bond donors (Lipinski definition) is 1. The number of aliphatic hydroxyl groups is 1. The Balaban J connectivity index is 4.05. The standard InChI is InChI=1S/C13H29NO/c1-6-13(7-2,11-15)10-14(5)9-8-12(3)4/h12,15H,6-11H2,1-5H3. The second-order valence-electron chi connectivity index (χ2n) is 5.29. The fourth-order valence-corrected chi connectivity index (χ4v) is 1.88. The van der Waals surface area contributed by atoms with E-state index < -0.39 is 0 Å². The maximum atomic E-state index is 9.48. The predicted octanol–water partition coefficient (Wildman–Crippen LogP) is 2.76. The lowest BCUT2D eigenvalue weighted by Crippen LogP contribution is -2.38. The lowest BCUT2D eigenvalue weighted by atomic mass is 9.82. The van der Waals surface area contributed by atoms with Gasteiger partial charge in [-0.1, -0.05) is 27.7 Å². The van der Waals surface area contributed by atoms with Crippen LogP contribution in [0.15, 0.2) is 0 Å². The zero-order valence-electron chi connectivity index (χ0n) is 11.2. The zero-order valence-corrected chi connectivity index (χ0v) is 11.2. The van der Waals surface area contributed by atoms with Crippen LogP contribution in [-0.4, -0.2) is 36.8 Å². The van der Waals surface area contributed by atoms with Crippen LogP contribution in [0.4, 0.5) is 0 Å². The van der Waals surface area contributed by atoms with Gasteiger partial charge in [-0.3, -0.25) is 0 Å². The van der Waals surface area contributed by atoms with Gasteiger partial charge in [0.15, 0.2) is 0 Å². The van der Waals surface area contributed by atoms with E-state index in [0.717, 1.165) is 31.8 Å². The third kappa shape index (κ3) is 5.53. The average molecular weight is 215 g/mol. The van der Waals surface area contributed by atoms with E-state index in [1.165, 1.54) is 6.42 Å². The normalized spacial score (nSPS) is 12.8. The molecule has 15 heavy (non-hydrogen) atoms. The molecule has 0 fully saturated rings. The van der Waals surface area contributed by atoms with E-state index >= 15 is 0 Å². The van der Waals surface area contributed by atoms with Crippen molar-refractivity contribution in [2.45, 2.75) is 47.0 Å². The lowest BCUT2D eigenvalue weighted by molar-refractivity contribution is 0.0740. The smallest absolute Gasteiger partial charge is 0.0499 e. The van der Waals surface area contributed by atoms with Crippen molar-refractivity contribution in [2.24, 2.45) is 11.3 Å². The lowest BCUT2D eigenvalue weighted by Gasteiger charge is -2.34. The van der Waals surface area contributed by atoms with Gasteiger partial charge in [0.1, 0.15) is 0 Å². The molecular formula is C13H29NO. The third-order valence-corrected chi connectivity index (χ3v) is 3.53. The Morgan fingerprint density at radius 3 is 2.07 bits per heavy atom. The summed E-state index contributed by atoms with van der Waals surface area (Å²) in [6.07, 6.45) is 3.36. The first kappa shape index (κ1) is 14.9. The van der Waals surface area contributed by atoms with E-state index in [1.54, 1.807) is 0 Å². The maximum Gasteiger partial charge on any atom is 0.0499 e. The summed E-state index contributed by atoms with van der Waals surface area (Å²) >= 11 is 0. The van der Waals surface area contributed by atoms with Crippen molar-refractivity contribution >= 4 is 0 Å². The number of nitrogens with zero attached hydrogens (tertiary/aromatic N) is 1. The SMILES string of the molecule is CCC(CC)(CO)CN(C)CCC(C)C. The van der Waals surface area contributed by atoms with Gasteiger partial charge in [0.25, 0.3) is 0 Å². The highest BCUT2D eigenvalue weighted by Crippen LogP contribution is 2.26. The van der Waals surface area contributed by atoms with Crippen LogP contribution in [0.1, 0.15) is 47.0 Å². The Hall–Kier alpha value is -0.0800. The Labute approximate surface area is 95.7 Å². The summed E-state index contributed by atoms with van der Waals surface area (Å²) in [5, 5.41) is 9.48. The first-order valence-corrected chi connectivity index (χ1v) is 6.29. The fourth-order valence-electron chi connectivity index (χ4n) is 1.88. The minimum atomic E-state index is 0.117. The molecular weight excluding hydrogens is 186 g/mol. The largest absolute Gasteiger partial charge is 0.396 e. The van der Waals surface area contributed by atoms with Crippen molar-refractivity contribution in [1.82, 2.24) is 4.90 Å². The summed E-state index contributed by atoms with van der Waals surface area (Å²) in [7, 11) is 2.16. The van der Waals surface area contributed by atoms with Crippen LogP contribution < -0.4 is 0 Å². The molecule has 0 unspecified atom stereocenters. The molecule has 0 atom stereocenters. The Kier molecular flexibility index (Phi) is 7.20. The summed E-state index contributed by atoms with van der Waals surface area (Å²) in [6, 6.07) is 0. The van der Waals surface area contributed by atoms with Crippen LogP contribution in [-0.2, 0) is 0 Å². The summed E-state index contributed by atoms with van der Waals surface area (Å²) in [6.45, 7) is 11.3. The van der Waals surface area contributed by atoms with Crippen molar-refractivity contribution in [3.8, 4) is 0 Å². The van der Waals surface area contributed by atoms with E-state index in [-0.39, 0.29) is 5.41 Å². The molecule has 0 aliphatic carbocycles. The second kappa shape index (κ2) is 7.24. The molecule has 0 aliphatic rings. The summed E-state index contributed by atoms with van der Waals surface area (Å²) < 4.78 is 0. The van der Waals surface area contributed by atoms with Gasteiger partial charge in [-0.25, -0.2) is 0 Å². The van der Waals surface area contributed by atoms with Crippen LogP contribution in [0.5, 0.6) is 0 Å². The van der Waals surface area contributed by atoms with Gasteiger partial charge in [0.2, 0.25) is 0 Å². The van der Waals surface area contributed by atoms with Gasteiger partial charge in [0, 0.05) is 18.6 Å². The van der Waals surface area contributed by atoms with Crippen molar-refractivity contribution in [3.63, 3.8) is 0 Å². The van der Waals surface area contributed by atoms with E-state index in [9.17, 15) is 5.11 Å². The van der Waals surface area contributed by atoms with Crippen LogP contribution >= 0.6 is 0 Å². The molecule has 0 aromatic rings. The third-order valence-electron chi connectivity index (χ3n) is 3.53. The quantitative estimate of drug-likeness (QED) is 0.673.